The SMILES string of the molecule is C#CCC(CC(=O)CCCC(=O)CCc1cn(CC)nn1)C(=O)NCCOCCOCCOCC#C[Si](C)(C)C. The second-order valence-corrected chi connectivity index (χ2v) is 15.2. The minimum absolute atomic E-state index is 0.0604. The predicted molar refractivity (Wildman–Crippen MR) is 156 cm³/mol. The highest BCUT2D eigenvalue weighted by atomic mass is 28.3. The number of hydrogen-bond donors (Lipinski definition) is 1. The van der Waals surface area contributed by atoms with E-state index in [-0.39, 0.29) is 36.7 Å². The first-order valence-corrected chi connectivity index (χ1v) is 17.5. The summed E-state index contributed by atoms with van der Waals surface area (Å²) in [5.41, 5.74) is 4.02. The van der Waals surface area contributed by atoms with Gasteiger partial charge in [-0.3, -0.25) is 19.1 Å². The fraction of sp³-hybridized carbons (Fsp3) is 0.690. The van der Waals surface area contributed by atoms with E-state index in [1.54, 1.807) is 4.68 Å². The van der Waals surface area contributed by atoms with Gasteiger partial charge in [0, 0.05) is 51.4 Å². The van der Waals surface area contributed by atoms with Crippen LogP contribution in [0.2, 0.25) is 19.6 Å². The van der Waals surface area contributed by atoms with Crippen LogP contribution in [-0.2, 0) is 41.6 Å². The van der Waals surface area contributed by atoms with E-state index in [1.165, 1.54) is 0 Å². The van der Waals surface area contributed by atoms with Crippen LogP contribution in [0.3, 0.4) is 0 Å². The van der Waals surface area contributed by atoms with Crippen molar-refractivity contribution >= 4 is 25.5 Å². The zero-order chi connectivity index (χ0) is 29.6. The van der Waals surface area contributed by atoms with E-state index in [0.717, 1.165) is 12.2 Å². The van der Waals surface area contributed by atoms with Crippen molar-refractivity contribution in [2.24, 2.45) is 5.92 Å². The molecule has 0 aliphatic rings. The molecule has 11 heteroatoms. The molecule has 1 aromatic heterocycles. The third-order valence-corrected chi connectivity index (χ3v) is 6.54. The van der Waals surface area contributed by atoms with Gasteiger partial charge in [-0.05, 0) is 19.8 Å². The molecule has 1 aromatic rings. The molecule has 1 atom stereocenters. The second kappa shape index (κ2) is 21.0. The number of hydrogen-bond acceptors (Lipinski definition) is 8. The Morgan fingerprint density at radius 2 is 1.70 bits per heavy atom. The van der Waals surface area contributed by atoms with Crippen LogP contribution in [0.4, 0.5) is 0 Å². The van der Waals surface area contributed by atoms with Crippen molar-refractivity contribution in [3.8, 4) is 23.8 Å². The van der Waals surface area contributed by atoms with E-state index in [2.05, 4.69) is 52.7 Å². The van der Waals surface area contributed by atoms with Gasteiger partial charge < -0.3 is 19.5 Å². The molecule has 1 N–H and O–H groups in total. The van der Waals surface area contributed by atoms with Crippen LogP contribution in [0, 0.1) is 29.7 Å². The molecule has 0 aromatic carbocycles. The average molecular weight is 575 g/mol. The van der Waals surface area contributed by atoms with Crippen molar-refractivity contribution in [2.75, 3.05) is 46.2 Å². The number of rotatable bonds is 22. The highest BCUT2D eigenvalue weighted by Crippen LogP contribution is 2.13. The van der Waals surface area contributed by atoms with Crippen LogP contribution in [0.25, 0.3) is 0 Å². The number of ether oxygens (including phenoxy) is 3. The molecular formula is C29H46N4O6Si. The van der Waals surface area contributed by atoms with Crippen LogP contribution in [0.15, 0.2) is 6.20 Å². The second-order valence-electron chi connectivity index (χ2n) is 10.4. The lowest BCUT2D eigenvalue weighted by atomic mass is 9.95. The Bertz CT molecular complexity index is 1000. The Balaban J connectivity index is 2.11. The van der Waals surface area contributed by atoms with Gasteiger partial charge in [-0.2, -0.15) is 0 Å². The largest absolute Gasteiger partial charge is 0.377 e. The van der Waals surface area contributed by atoms with Crippen molar-refractivity contribution in [1.29, 1.82) is 0 Å². The number of terminal acetylenes is 1. The van der Waals surface area contributed by atoms with Gasteiger partial charge in [-0.15, -0.1) is 23.0 Å². The maximum atomic E-state index is 12.5. The van der Waals surface area contributed by atoms with E-state index in [9.17, 15) is 14.4 Å². The summed E-state index contributed by atoms with van der Waals surface area (Å²) in [5.74, 6) is 4.66. The summed E-state index contributed by atoms with van der Waals surface area (Å²) in [5, 5.41) is 10.8. The lowest BCUT2D eigenvalue weighted by Gasteiger charge is -2.14. The number of carbonyl (C=O) groups is 3. The van der Waals surface area contributed by atoms with Gasteiger partial charge >= 0.3 is 0 Å². The fourth-order valence-corrected chi connectivity index (χ4v) is 4.12. The summed E-state index contributed by atoms with van der Waals surface area (Å²) in [6, 6.07) is 0. The third-order valence-electron chi connectivity index (χ3n) is 5.62. The average Bonchev–Trinajstić information content (AvgIpc) is 3.37. The van der Waals surface area contributed by atoms with E-state index in [0.29, 0.717) is 71.9 Å². The fourth-order valence-electron chi connectivity index (χ4n) is 3.51. The van der Waals surface area contributed by atoms with Crippen LogP contribution in [-0.4, -0.2) is 86.7 Å². The van der Waals surface area contributed by atoms with Crippen molar-refractivity contribution < 1.29 is 28.6 Å². The molecule has 10 nitrogen and oxygen atoms in total. The Morgan fingerprint density at radius 1 is 1.02 bits per heavy atom. The first-order valence-electron chi connectivity index (χ1n) is 14.0. The summed E-state index contributed by atoms with van der Waals surface area (Å²) >= 11 is 0. The minimum atomic E-state index is -1.35. The summed E-state index contributed by atoms with van der Waals surface area (Å²) in [4.78, 5) is 37.1. The van der Waals surface area contributed by atoms with Crippen LogP contribution in [0.1, 0.15) is 51.1 Å². The minimum Gasteiger partial charge on any atom is -0.377 e. The lowest BCUT2D eigenvalue weighted by molar-refractivity contribution is -0.129. The molecule has 0 radical (unpaired) electrons. The maximum absolute atomic E-state index is 12.5. The number of nitrogens with one attached hydrogen (secondary N) is 1. The van der Waals surface area contributed by atoms with Crippen LogP contribution in [0.5, 0.6) is 0 Å². The monoisotopic (exact) mass is 574 g/mol. The topological polar surface area (TPSA) is 122 Å². The molecule has 0 aliphatic heterocycles. The Labute approximate surface area is 240 Å². The van der Waals surface area contributed by atoms with Gasteiger partial charge in [0.15, 0.2) is 0 Å². The summed E-state index contributed by atoms with van der Waals surface area (Å²) < 4.78 is 18.0. The molecule has 1 unspecified atom stereocenters. The molecule has 222 valence electrons. The van der Waals surface area contributed by atoms with E-state index in [1.807, 2.05) is 13.1 Å². The smallest absolute Gasteiger partial charge is 0.224 e. The number of ketones is 2. The molecular weight excluding hydrogens is 528 g/mol. The van der Waals surface area contributed by atoms with Gasteiger partial charge in [-0.25, -0.2) is 0 Å². The van der Waals surface area contributed by atoms with Gasteiger partial charge in [0.1, 0.15) is 26.2 Å². The van der Waals surface area contributed by atoms with Crippen LogP contribution < -0.4 is 5.32 Å². The molecule has 0 bridgehead atoms. The standard InChI is InChI=1S/C29H46N4O6Si/c1-6-10-25(23-28(35)12-8-11-27(34)14-13-26-24-33(7-2)32-31-26)29(36)30-15-17-38-19-21-39-20-18-37-16-9-22-40(3,4)5/h1,24-25H,7-8,10-21,23H2,2-5H3,(H,30,36). The molecule has 0 saturated heterocycles. The molecule has 0 aliphatic carbocycles. The van der Waals surface area contributed by atoms with Crippen molar-refractivity contribution in [3.63, 3.8) is 0 Å². The molecule has 0 spiro atoms. The van der Waals surface area contributed by atoms with Crippen molar-refractivity contribution in [1.82, 2.24) is 20.3 Å². The summed E-state index contributed by atoms with van der Waals surface area (Å²) in [6.45, 7) is 12.1. The van der Waals surface area contributed by atoms with Crippen LogP contribution >= 0.6 is 0 Å². The zero-order valence-electron chi connectivity index (χ0n) is 24.6. The first kappa shape index (κ1) is 35.2. The molecule has 1 heterocycles. The van der Waals surface area contributed by atoms with Crippen molar-refractivity contribution in [3.05, 3.63) is 11.9 Å². The molecule has 0 saturated carbocycles. The molecule has 40 heavy (non-hydrogen) atoms. The van der Waals surface area contributed by atoms with Gasteiger partial charge in [0.2, 0.25) is 5.91 Å². The van der Waals surface area contributed by atoms with E-state index < -0.39 is 14.0 Å². The summed E-state index contributed by atoms with van der Waals surface area (Å²) in [6.07, 6.45) is 9.41. The third kappa shape index (κ3) is 18.5. The molecule has 1 amide bonds. The number of nitrogens with zero attached hydrogens (tertiary/aromatic N) is 3. The highest BCUT2D eigenvalue weighted by Gasteiger charge is 2.21. The van der Waals surface area contributed by atoms with Gasteiger partial charge in [-0.1, -0.05) is 30.8 Å². The summed E-state index contributed by atoms with van der Waals surface area (Å²) in [7, 11) is -1.35. The number of Topliss-reactive ketones (excluding diaryl/α,β-unsaturated/α-hetero) is 2. The van der Waals surface area contributed by atoms with Gasteiger partial charge in [0.25, 0.3) is 0 Å². The van der Waals surface area contributed by atoms with E-state index in [4.69, 9.17) is 20.6 Å². The van der Waals surface area contributed by atoms with Crippen molar-refractivity contribution in [2.45, 2.75) is 78.1 Å². The maximum Gasteiger partial charge on any atom is 0.224 e. The molecule has 1 rings (SSSR count). The lowest BCUT2D eigenvalue weighted by Crippen LogP contribution is -2.34. The Hall–Kier alpha value is -2.83. The highest BCUT2D eigenvalue weighted by molar-refractivity contribution is 6.83. The normalized spacial score (nSPS) is 11.8. The van der Waals surface area contributed by atoms with Gasteiger partial charge in [0.05, 0.1) is 44.6 Å². The Morgan fingerprint density at radius 3 is 2.35 bits per heavy atom. The number of amides is 1. The number of aryl methyl sites for hydroxylation is 2. The molecule has 0 fully saturated rings. The van der Waals surface area contributed by atoms with E-state index >= 15 is 0 Å². The number of aromatic nitrogens is 3. The zero-order valence-corrected chi connectivity index (χ0v) is 25.6. The number of carbonyl (C=O) groups excluding carboxylic acids is 3. The Kier molecular flexibility index (Phi) is 18.5. The first-order chi connectivity index (χ1) is 19.1. The quantitative estimate of drug-likeness (QED) is 0.127. The predicted octanol–water partition coefficient (Wildman–Crippen LogP) is 2.62.